The van der Waals surface area contributed by atoms with Crippen molar-refractivity contribution < 1.29 is 28.5 Å². The molecule has 0 N–H and O–H groups in total. The van der Waals surface area contributed by atoms with Crippen molar-refractivity contribution in [3.63, 3.8) is 0 Å². The summed E-state index contributed by atoms with van der Waals surface area (Å²) < 4.78 is 3.91. The fourth-order valence-electron chi connectivity index (χ4n) is 4.27. The monoisotopic (exact) mass is 593 g/mol. The summed E-state index contributed by atoms with van der Waals surface area (Å²) in [6.45, 7) is 5.46. The Morgan fingerprint density at radius 3 is 2.43 bits per heavy atom. The van der Waals surface area contributed by atoms with E-state index in [2.05, 4.69) is 23.8 Å². The second-order valence-corrected chi connectivity index (χ2v) is 8.86. The Morgan fingerprint density at radius 2 is 1.69 bits per heavy atom. The summed E-state index contributed by atoms with van der Waals surface area (Å²) in [7, 11) is 0. The summed E-state index contributed by atoms with van der Waals surface area (Å²) in [6.07, 6.45) is 4.12. The number of benzene rings is 3. The van der Waals surface area contributed by atoms with E-state index in [0.29, 0.717) is 28.3 Å². The molecule has 0 saturated heterocycles. The van der Waals surface area contributed by atoms with Gasteiger partial charge in [-0.15, -0.1) is 0 Å². The maximum atomic E-state index is 13.9. The lowest BCUT2D eigenvalue weighted by Crippen LogP contribution is -3.00. The number of pyridine rings is 1. The quantitative estimate of drug-likeness (QED) is 0.232. The van der Waals surface area contributed by atoms with E-state index in [1.165, 1.54) is 0 Å². The molecule has 0 aliphatic carbocycles. The van der Waals surface area contributed by atoms with E-state index < -0.39 is 0 Å². The van der Waals surface area contributed by atoms with E-state index in [9.17, 15) is 4.79 Å². The first-order valence-corrected chi connectivity index (χ1v) is 11.8. The highest BCUT2D eigenvalue weighted by atomic mass is 127. The van der Waals surface area contributed by atoms with Crippen molar-refractivity contribution in [1.29, 1.82) is 0 Å². The molecule has 35 heavy (non-hydrogen) atoms. The Labute approximate surface area is 226 Å². The van der Waals surface area contributed by atoms with Gasteiger partial charge >= 0.3 is 0 Å². The van der Waals surface area contributed by atoms with Gasteiger partial charge in [0, 0.05) is 22.2 Å². The first-order chi connectivity index (χ1) is 16.5. The highest BCUT2D eigenvalue weighted by Gasteiger charge is 2.16. The van der Waals surface area contributed by atoms with Gasteiger partial charge < -0.3 is 24.0 Å². The van der Waals surface area contributed by atoms with Gasteiger partial charge in [0.1, 0.15) is 12.4 Å². The van der Waals surface area contributed by atoms with E-state index in [1.807, 2.05) is 85.9 Å². The van der Waals surface area contributed by atoms with Crippen LogP contribution in [0, 0.1) is 6.92 Å². The lowest BCUT2D eigenvalue weighted by molar-refractivity contribution is -0.694. The molecule has 2 aromatic heterocycles. The van der Waals surface area contributed by atoms with Crippen LogP contribution in [0.4, 0.5) is 0 Å². The van der Waals surface area contributed by atoms with Crippen molar-refractivity contribution in [2.75, 3.05) is 0 Å². The van der Waals surface area contributed by atoms with Gasteiger partial charge in [-0.05, 0) is 60.9 Å². The van der Waals surface area contributed by atoms with Gasteiger partial charge in [-0.25, -0.2) is 9.55 Å². The second kappa shape index (κ2) is 10.7. The molecule has 0 aliphatic heterocycles. The van der Waals surface area contributed by atoms with Crippen LogP contribution < -0.4 is 34.1 Å². The smallest absolute Gasteiger partial charge is 0.261 e. The predicted octanol–water partition coefficient (Wildman–Crippen LogP) is 3.05. The molecule has 0 amide bonds. The molecular formula is C29H25ClIN3O. The highest BCUT2D eigenvalue weighted by Crippen LogP contribution is 2.27. The molecule has 3 aromatic carbocycles. The molecule has 0 saturated carbocycles. The number of fused-ring (bicyclic) bond motifs is 1. The van der Waals surface area contributed by atoms with E-state index in [-0.39, 0.29) is 29.5 Å². The molecule has 0 aliphatic rings. The lowest BCUT2D eigenvalue weighted by atomic mass is 10.0. The molecule has 176 valence electrons. The fraction of sp³-hybridized carbons (Fsp3) is 0.138. The van der Waals surface area contributed by atoms with E-state index in [1.54, 1.807) is 4.57 Å². The van der Waals surface area contributed by atoms with E-state index >= 15 is 0 Å². The maximum absolute atomic E-state index is 13.9. The number of rotatable bonds is 5. The van der Waals surface area contributed by atoms with Crippen molar-refractivity contribution in [2.45, 2.75) is 26.9 Å². The number of aromatic nitrogens is 3. The Hall–Kier alpha value is -3.03. The van der Waals surface area contributed by atoms with E-state index in [0.717, 1.165) is 34.4 Å². The van der Waals surface area contributed by atoms with Crippen LogP contribution in [0.25, 0.3) is 33.4 Å². The fourth-order valence-corrected chi connectivity index (χ4v) is 4.39. The zero-order chi connectivity index (χ0) is 23.7. The van der Waals surface area contributed by atoms with Crippen LogP contribution in [-0.2, 0) is 13.1 Å². The SMILES string of the molecule is CC[n+]1cccc(Cn2c(-c3ccccc3C)nc3ccc(-c4ccc(Cl)cc4)cc3c2=O)c1.[I-]. The Kier molecular flexibility index (Phi) is 7.67. The topological polar surface area (TPSA) is 38.8 Å². The number of hydrogen-bond acceptors (Lipinski definition) is 2. The van der Waals surface area contributed by atoms with Crippen molar-refractivity contribution in [3.05, 3.63) is 118 Å². The van der Waals surface area contributed by atoms with Crippen LogP contribution >= 0.6 is 11.6 Å². The summed E-state index contributed by atoms with van der Waals surface area (Å²) in [5.74, 6) is 0.682. The lowest BCUT2D eigenvalue weighted by Gasteiger charge is -2.15. The molecule has 5 aromatic rings. The molecule has 2 heterocycles. The third-order valence-corrected chi connectivity index (χ3v) is 6.39. The molecule has 4 nitrogen and oxygen atoms in total. The maximum Gasteiger partial charge on any atom is 0.261 e. The second-order valence-electron chi connectivity index (χ2n) is 8.42. The molecule has 0 atom stereocenters. The number of aryl methyl sites for hydroxylation is 2. The van der Waals surface area contributed by atoms with Gasteiger partial charge in [-0.2, -0.15) is 0 Å². The van der Waals surface area contributed by atoms with Crippen molar-refractivity contribution in [3.8, 4) is 22.5 Å². The minimum Gasteiger partial charge on any atom is -1.00 e. The average Bonchev–Trinajstić information content (AvgIpc) is 2.86. The molecular weight excluding hydrogens is 569 g/mol. The average molecular weight is 594 g/mol. The largest absolute Gasteiger partial charge is 1.00 e. The van der Waals surface area contributed by atoms with Gasteiger partial charge in [-0.3, -0.25) is 9.36 Å². The van der Waals surface area contributed by atoms with Crippen LogP contribution in [-0.4, -0.2) is 9.55 Å². The van der Waals surface area contributed by atoms with Gasteiger partial charge in [-0.1, -0.05) is 54.1 Å². The molecule has 5 rings (SSSR count). The van der Waals surface area contributed by atoms with Crippen LogP contribution in [0.2, 0.25) is 5.02 Å². The van der Waals surface area contributed by atoms with E-state index in [4.69, 9.17) is 16.6 Å². The zero-order valence-electron chi connectivity index (χ0n) is 19.6. The summed E-state index contributed by atoms with van der Waals surface area (Å²) in [4.78, 5) is 18.9. The van der Waals surface area contributed by atoms with Crippen LogP contribution in [0.3, 0.4) is 0 Å². The van der Waals surface area contributed by atoms with Crippen molar-refractivity contribution in [2.24, 2.45) is 0 Å². The zero-order valence-corrected chi connectivity index (χ0v) is 22.5. The first-order valence-electron chi connectivity index (χ1n) is 11.4. The third kappa shape index (κ3) is 5.16. The predicted molar refractivity (Wildman–Crippen MR) is 138 cm³/mol. The molecule has 0 spiro atoms. The molecule has 0 bridgehead atoms. The number of hydrogen-bond donors (Lipinski definition) is 0. The van der Waals surface area contributed by atoms with Crippen LogP contribution in [0.1, 0.15) is 18.1 Å². The van der Waals surface area contributed by atoms with Crippen molar-refractivity contribution in [1.82, 2.24) is 9.55 Å². The summed E-state index contributed by atoms with van der Waals surface area (Å²) in [5.41, 5.74) is 5.70. The number of halogens is 2. The minimum absolute atomic E-state index is 0. The van der Waals surface area contributed by atoms with Gasteiger partial charge in [0.05, 0.1) is 17.4 Å². The number of nitrogens with zero attached hydrogens (tertiary/aromatic N) is 3. The summed E-state index contributed by atoms with van der Waals surface area (Å²) in [6, 6.07) is 25.6. The Bertz CT molecular complexity index is 1560. The van der Waals surface area contributed by atoms with Gasteiger partial charge in [0.25, 0.3) is 5.56 Å². The van der Waals surface area contributed by atoms with Crippen molar-refractivity contribution >= 4 is 22.5 Å². The normalized spacial score (nSPS) is 10.8. The van der Waals surface area contributed by atoms with Crippen LogP contribution in [0.5, 0.6) is 0 Å². The molecule has 6 heteroatoms. The molecule has 0 unspecified atom stereocenters. The standard InChI is InChI=1S/C29H25ClN3O.HI/c1-3-32-16-6-8-21(18-32)19-33-28(25-9-5-4-7-20(25)2)31-27-15-12-23(17-26(27)29(33)34)22-10-13-24(30)14-11-22;/h4-18H,3,19H2,1-2H3;1H/q+1;/p-1. The highest BCUT2D eigenvalue weighted by molar-refractivity contribution is 6.30. The van der Waals surface area contributed by atoms with Crippen LogP contribution in [0.15, 0.2) is 96.1 Å². The third-order valence-electron chi connectivity index (χ3n) is 6.14. The van der Waals surface area contributed by atoms with Gasteiger partial charge in [0.2, 0.25) is 0 Å². The summed E-state index contributed by atoms with van der Waals surface area (Å²) in [5, 5.41) is 1.28. The van der Waals surface area contributed by atoms with Gasteiger partial charge in [0.15, 0.2) is 12.4 Å². The first kappa shape index (κ1) is 25.1. The minimum atomic E-state index is -0.0500. The molecule has 0 radical (unpaired) electrons. The summed E-state index contributed by atoms with van der Waals surface area (Å²) >= 11 is 6.06. The Morgan fingerprint density at radius 1 is 0.943 bits per heavy atom. The molecule has 0 fully saturated rings. The Balaban J connectivity index is 0.00000289.